The van der Waals surface area contributed by atoms with Crippen LogP contribution in [-0.4, -0.2) is 52.2 Å². The summed E-state index contributed by atoms with van der Waals surface area (Å²) in [5.41, 5.74) is 3.89. The predicted molar refractivity (Wildman–Crippen MR) is 120 cm³/mol. The van der Waals surface area contributed by atoms with Gasteiger partial charge in [0.25, 0.3) is 11.8 Å². The second-order valence-electron chi connectivity index (χ2n) is 7.20. The molecule has 32 heavy (non-hydrogen) atoms. The van der Waals surface area contributed by atoms with Crippen LogP contribution in [0.25, 0.3) is 22.8 Å². The first kappa shape index (κ1) is 21.0. The topological polar surface area (TPSA) is 106 Å². The van der Waals surface area contributed by atoms with Gasteiger partial charge < -0.3 is 19.4 Å². The van der Waals surface area contributed by atoms with Gasteiger partial charge in [-0.2, -0.15) is 0 Å². The summed E-state index contributed by atoms with van der Waals surface area (Å²) in [4.78, 5) is 22.7. The zero-order chi connectivity index (χ0) is 22.7. The Bertz CT molecular complexity index is 1250. The van der Waals surface area contributed by atoms with Crippen molar-refractivity contribution in [2.75, 3.05) is 26.5 Å². The third-order valence-electron chi connectivity index (χ3n) is 4.77. The lowest BCUT2D eigenvalue weighted by Gasteiger charge is -2.10. The van der Waals surface area contributed by atoms with Gasteiger partial charge in [0.15, 0.2) is 0 Å². The van der Waals surface area contributed by atoms with Crippen molar-refractivity contribution < 1.29 is 13.9 Å². The second kappa shape index (κ2) is 8.84. The van der Waals surface area contributed by atoms with Crippen LogP contribution in [0.4, 0.5) is 11.7 Å². The third kappa shape index (κ3) is 4.27. The molecule has 0 atom stereocenters. The summed E-state index contributed by atoms with van der Waals surface area (Å²) in [5.74, 6) is 0.836. The number of anilines is 2. The van der Waals surface area contributed by atoms with E-state index in [-0.39, 0.29) is 17.8 Å². The van der Waals surface area contributed by atoms with Crippen LogP contribution in [0.1, 0.15) is 16.1 Å². The van der Waals surface area contributed by atoms with E-state index in [1.807, 2.05) is 43.3 Å². The number of aromatic nitrogens is 4. The SMILES string of the molecule is COc1ccccc1Nc1nnc(-c2nc(-c3ccc(C(=O)N(C)C)cc3)cnc2C)o1. The lowest BCUT2D eigenvalue weighted by molar-refractivity contribution is 0.0827. The summed E-state index contributed by atoms with van der Waals surface area (Å²) < 4.78 is 11.1. The molecule has 2 aromatic carbocycles. The molecule has 9 nitrogen and oxygen atoms in total. The molecule has 0 unspecified atom stereocenters. The first-order chi connectivity index (χ1) is 15.5. The average molecular weight is 430 g/mol. The van der Waals surface area contributed by atoms with Crippen LogP contribution < -0.4 is 10.1 Å². The number of amides is 1. The molecule has 0 spiro atoms. The molecule has 1 N–H and O–H groups in total. The molecular weight excluding hydrogens is 408 g/mol. The number of methoxy groups -OCH3 is 1. The fourth-order valence-electron chi connectivity index (χ4n) is 3.07. The fourth-order valence-corrected chi connectivity index (χ4v) is 3.07. The van der Waals surface area contributed by atoms with Crippen LogP contribution in [0.3, 0.4) is 0 Å². The van der Waals surface area contributed by atoms with Gasteiger partial charge in [-0.1, -0.05) is 29.4 Å². The smallest absolute Gasteiger partial charge is 0.320 e. The largest absolute Gasteiger partial charge is 0.495 e. The molecule has 2 heterocycles. The quantitative estimate of drug-likeness (QED) is 0.490. The van der Waals surface area contributed by atoms with Crippen molar-refractivity contribution in [2.24, 2.45) is 0 Å². The molecule has 0 aliphatic heterocycles. The van der Waals surface area contributed by atoms with E-state index in [9.17, 15) is 4.79 Å². The first-order valence-electron chi connectivity index (χ1n) is 9.86. The van der Waals surface area contributed by atoms with Crippen molar-refractivity contribution in [3.63, 3.8) is 0 Å². The number of nitrogens with zero attached hydrogens (tertiary/aromatic N) is 5. The fraction of sp³-hybridized carbons (Fsp3) is 0.174. The van der Waals surface area contributed by atoms with Crippen LogP contribution in [0, 0.1) is 6.92 Å². The molecule has 162 valence electrons. The van der Waals surface area contributed by atoms with Gasteiger partial charge in [-0.25, -0.2) is 4.98 Å². The van der Waals surface area contributed by atoms with E-state index in [1.165, 1.54) is 4.90 Å². The summed E-state index contributed by atoms with van der Waals surface area (Å²) in [7, 11) is 5.03. The van der Waals surface area contributed by atoms with Gasteiger partial charge in [-0.15, -0.1) is 5.10 Å². The number of hydrogen-bond donors (Lipinski definition) is 1. The minimum atomic E-state index is -0.0619. The number of rotatable bonds is 6. The van der Waals surface area contributed by atoms with E-state index in [1.54, 1.807) is 39.5 Å². The summed E-state index contributed by atoms with van der Waals surface area (Å²) in [6.07, 6.45) is 1.67. The molecule has 4 aromatic rings. The Kier molecular flexibility index (Phi) is 5.80. The van der Waals surface area contributed by atoms with E-state index >= 15 is 0 Å². The van der Waals surface area contributed by atoms with Crippen molar-refractivity contribution in [3.8, 4) is 28.6 Å². The van der Waals surface area contributed by atoms with Crippen LogP contribution in [0.2, 0.25) is 0 Å². The summed E-state index contributed by atoms with van der Waals surface area (Å²) >= 11 is 0. The van der Waals surface area contributed by atoms with E-state index in [0.29, 0.717) is 34.1 Å². The van der Waals surface area contributed by atoms with E-state index in [4.69, 9.17) is 9.15 Å². The Labute approximate surface area is 185 Å². The van der Waals surface area contributed by atoms with E-state index < -0.39 is 0 Å². The average Bonchev–Trinajstić information content (AvgIpc) is 3.27. The molecular formula is C23H22N6O3. The van der Waals surface area contributed by atoms with Crippen molar-refractivity contribution in [2.45, 2.75) is 6.92 Å². The third-order valence-corrected chi connectivity index (χ3v) is 4.77. The molecule has 0 aliphatic rings. The van der Waals surface area contributed by atoms with Crippen LogP contribution in [-0.2, 0) is 0 Å². The summed E-state index contributed by atoms with van der Waals surface area (Å²) in [6.45, 7) is 1.82. The molecule has 0 bridgehead atoms. The number of ether oxygens (including phenoxy) is 1. The Morgan fingerprint density at radius 3 is 2.53 bits per heavy atom. The zero-order valence-corrected chi connectivity index (χ0v) is 18.2. The standard InChI is InChI=1S/C23H22N6O3/c1-14-20(21-27-28-23(32-21)26-17-7-5-6-8-19(17)31-4)25-18(13-24-14)15-9-11-16(12-10-15)22(30)29(2)3/h5-13H,1-4H3,(H,26,28). The van der Waals surface area contributed by atoms with Gasteiger partial charge in [0, 0.05) is 25.2 Å². The number of carbonyl (C=O) groups excluding carboxylic acids is 1. The number of para-hydroxylation sites is 2. The minimum absolute atomic E-state index is 0.0619. The second-order valence-corrected chi connectivity index (χ2v) is 7.20. The van der Waals surface area contributed by atoms with Gasteiger partial charge in [0.1, 0.15) is 11.4 Å². The number of nitrogens with one attached hydrogen (secondary N) is 1. The monoisotopic (exact) mass is 430 g/mol. The molecule has 2 aromatic heterocycles. The molecule has 9 heteroatoms. The van der Waals surface area contributed by atoms with Crippen molar-refractivity contribution >= 4 is 17.6 Å². The van der Waals surface area contributed by atoms with Crippen LogP contribution >= 0.6 is 0 Å². The highest BCUT2D eigenvalue weighted by Gasteiger charge is 2.16. The highest BCUT2D eigenvalue weighted by Crippen LogP contribution is 2.29. The molecule has 0 aliphatic carbocycles. The van der Waals surface area contributed by atoms with Crippen molar-refractivity contribution in [1.82, 2.24) is 25.1 Å². The molecule has 0 fully saturated rings. The maximum absolute atomic E-state index is 12.1. The van der Waals surface area contributed by atoms with E-state index in [0.717, 1.165) is 5.56 Å². The molecule has 1 amide bonds. The Balaban J connectivity index is 1.60. The van der Waals surface area contributed by atoms with Gasteiger partial charge in [-0.3, -0.25) is 9.78 Å². The minimum Gasteiger partial charge on any atom is -0.495 e. The summed E-state index contributed by atoms with van der Waals surface area (Å²) in [6, 6.07) is 14.8. The first-order valence-corrected chi connectivity index (χ1v) is 9.86. The van der Waals surface area contributed by atoms with Gasteiger partial charge in [0.2, 0.25) is 0 Å². The number of hydrogen-bond acceptors (Lipinski definition) is 8. The van der Waals surface area contributed by atoms with Gasteiger partial charge in [-0.05, 0) is 31.2 Å². The summed E-state index contributed by atoms with van der Waals surface area (Å²) in [5, 5.41) is 11.2. The lowest BCUT2D eigenvalue weighted by Crippen LogP contribution is -2.21. The molecule has 0 saturated carbocycles. The van der Waals surface area contributed by atoms with Crippen molar-refractivity contribution in [3.05, 3.63) is 66.0 Å². The maximum atomic E-state index is 12.1. The van der Waals surface area contributed by atoms with Gasteiger partial charge >= 0.3 is 6.01 Å². The normalized spacial score (nSPS) is 10.6. The van der Waals surface area contributed by atoms with Crippen LogP contribution in [0.15, 0.2) is 59.1 Å². The van der Waals surface area contributed by atoms with Crippen LogP contribution in [0.5, 0.6) is 5.75 Å². The number of carbonyl (C=O) groups is 1. The Hall–Kier alpha value is -4.27. The Morgan fingerprint density at radius 2 is 1.81 bits per heavy atom. The van der Waals surface area contributed by atoms with Crippen molar-refractivity contribution in [1.29, 1.82) is 0 Å². The molecule has 4 rings (SSSR count). The highest BCUT2D eigenvalue weighted by atomic mass is 16.5. The maximum Gasteiger partial charge on any atom is 0.320 e. The highest BCUT2D eigenvalue weighted by molar-refractivity contribution is 5.94. The molecule has 0 radical (unpaired) electrons. The van der Waals surface area contributed by atoms with E-state index in [2.05, 4.69) is 25.5 Å². The number of aryl methyl sites for hydroxylation is 1. The predicted octanol–water partition coefficient (Wildman–Crippen LogP) is 3.96. The number of benzene rings is 2. The van der Waals surface area contributed by atoms with Gasteiger partial charge in [0.05, 0.1) is 30.4 Å². The molecule has 0 saturated heterocycles. The zero-order valence-electron chi connectivity index (χ0n) is 18.2. The lowest BCUT2D eigenvalue weighted by atomic mass is 10.1. The Morgan fingerprint density at radius 1 is 1.06 bits per heavy atom.